The molecule has 3 rings (SSSR count). The Morgan fingerprint density at radius 2 is 1.77 bits per heavy atom. The second kappa shape index (κ2) is 7.85. The number of hydrogen-bond donors (Lipinski definition) is 1. The number of pyridine rings is 1. The molecule has 0 spiro atoms. The highest BCUT2D eigenvalue weighted by Gasteiger charge is 2.32. The van der Waals surface area contributed by atoms with Gasteiger partial charge in [-0.1, -0.05) is 12.8 Å². The fraction of sp³-hybridized carbons (Fsp3) is 0.750. The molecule has 1 aliphatic heterocycles. The lowest BCUT2D eigenvalue weighted by atomic mass is 10.0. The van der Waals surface area contributed by atoms with Crippen LogP contribution < -0.4 is 5.32 Å². The first kappa shape index (κ1) is 19.6. The molecule has 1 aromatic rings. The number of sulfone groups is 1. The molecule has 2 fully saturated rings. The summed E-state index contributed by atoms with van der Waals surface area (Å²) in [5, 5.41) is 3.68. The summed E-state index contributed by atoms with van der Waals surface area (Å²) in [5.41, 5.74) is 0.909. The Hall–Kier alpha value is -1.14. The first-order chi connectivity index (χ1) is 12.3. The van der Waals surface area contributed by atoms with E-state index in [-0.39, 0.29) is 5.03 Å². The van der Waals surface area contributed by atoms with Crippen molar-refractivity contribution in [3.63, 3.8) is 0 Å². The second-order valence-corrected chi connectivity index (χ2v) is 11.5. The van der Waals surface area contributed by atoms with Crippen molar-refractivity contribution in [1.29, 1.82) is 0 Å². The number of hydrogen-bond acceptors (Lipinski definition) is 5. The van der Waals surface area contributed by atoms with Gasteiger partial charge in [0, 0.05) is 25.7 Å². The summed E-state index contributed by atoms with van der Waals surface area (Å²) in [6, 6.07) is 3.91. The van der Waals surface area contributed by atoms with E-state index in [0.717, 1.165) is 37.5 Å². The first-order valence-corrected chi connectivity index (χ1v) is 11.4. The molecule has 0 bridgehead atoms. The quantitative estimate of drug-likeness (QED) is 0.845. The number of rotatable bonds is 5. The van der Waals surface area contributed by atoms with E-state index in [9.17, 15) is 8.42 Å². The van der Waals surface area contributed by atoms with Crippen LogP contribution in [0.3, 0.4) is 0 Å². The minimum Gasteiger partial charge on any atom is -0.381 e. The first-order valence-electron chi connectivity index (χ1n) is 9.95. The van der Waals surface area contributed by atoms with Crippen molar-refractivity contribution in [3.05, 3.63) is 18.3 Å². The Morgan fingerprint density at radius 3 is 2.31 bits per heavy atom. The third kappa shape index (κ3) is 4.58. The maximum Gasteiger partial charge on any atom is 0.200 e. The predicted molar refractivity (Wildman–Crippen MR) is 106 cm³/mol. The fourth-order valence-electron chi connectivity index (χ4n) is 3.99. The minimum absolute atomic E-state index is 0.155. The molecule has 0 amide bonds. The van der Waals surface area contributed by atoms with Gasteiger partial charge in [-0.2, -0.15) is 0 Å². The van der Waals surface area contributed by atoms with Crippen molar-refractivity contribution < 1.29 is 8.42 Å². The van der Waals surface area contributed by atoms with Crippen molar-refractivity contribution >= 4 is 15.5 Å². The zero-order valence-corrected chi connectivity index (χ0v) is 17.2. The standard InChI is InChI=1S/C20H33N3O2S/c1-20(2,3)26(24,25)19-9-8-18(14-21-19)22-17-10-12-23(13-11-17)15-16-6-4-5-7-16/h8-9,14,16-17,22H,4-7,10-13,15H2,1-3H3. The van der Waals surface area contributed by atoms with Crippen molar-refractivity contribution in [1.82, 2.24) is 9.88 Å². The van der Waals surface area contributed by atoms with Gasteiger partial charge in [0.1, 0.15) is 0 Å². The molecule has 2 aliphatic rings. The van der Waals surface area contributed by atoms with Gasteiger partial charge in [0.05, 0.1) is 16.6 Å². The van der Waals surface area contributed by atoms with Crippen LogP contribution >= 0.6 is 0 Å². The molecule has 0 aromatic carbocycles. The summed E-state index contributed by atoms with van der Waals surface area (Å²) in [6.07, 6.45) is 9.57. The molecule has 146 valence electrons. The maximum absolute atomic E-state index is 12.4. The zero-order chi connectivity index (χ0) is 18.8. The van der Waals surface area contributed by atoms with Crippen LogP contribution in [0.25, 0.3) is 0 Å². The van der Waals surface area contributed by atoms with Gasteiger partial charge in [-0.05, 0) is 64.5 Å². The van der Waals surface area contributed by atoms with Crippen LogP contribution in [0, 0.1) is 5.92 Å². The monoisotopic (exact) mass is 379 g/mol. The summed E-state index contributed by atoms with van der Waals surface area (Å²) >= 11 is 0. The summed E-state index contributed by atoms with van der Waals surface area (Å²) in [4.78, 5) is 6.82. The molecular formula is C20H33N3O2S. The van der Waals surface area contributed by atoms with Crippen LogP contribution in [-0.2, 0) is 9.84 Å². The van der Waals surface area contributed by atoms with Gasteiger partial charge in [0.15, 0.2) is 14.9 Å². The van der Waals surface area contributed by atoms with E-state index in [4.69, 9.17) is 0 Å². The van der Waals surface area contributed by atoms with Gasteiger partial charge in [-0.25, -0.2) is 13.4 Å². The van der Waals surface area contributed by atoms with E-state index in [2.05, 4.69) is 15.2 Å². The van der Waals surface area contributed by atoms with Crippen molar-refractivity contribution in [3.8, 4) is 0 Å². The van der Waals surface area contributed by atoms with Crippen molar-refractivity contribution in [2.45, 2.75) is 75.1 Å². The van der Waals surface area contributed by atoms with E-state index < -0.39 is 14.6 Å². The average molecular weight is 380 g/mol. The lowest BCUT2D eigenvalue weighted by Gasteiger charge is -2.34. The summed E-state index contributed by atoms with van der Waals surface area (Å²) < 4.78 is 24.1. The molecule has 0 unspecified atom stereocenters. The Kier molecular flexibility index (Phi) is 5.92. The van der Waals surface area contributed by atoms with Crippen LogP contribution in [-0.4, -0.2) is 48.7 Å². The number of anilines is 1. The van der Waals surface area contributed by atoms with Gasteiger partial charge in [-0.3, -0.25) is 0 Å². The van der Waals surface area contributed by atoms with Crippen molar-refractivity contribution in [2.24, 2.45) is 5.92 Å². The molecule has 1 saturated carbocycles. The summed E-state index contributed by atoms with van der Waals surface area (Å²) in [7, 11) is -3.39. The molecule has 1 aliphatic carbocycles. The van der Waals surface area contributed by atoms with Crippen molar-refractivity contribution in [2.75, 3.05) is 25.0 Å². The smallest absolute Gasteiger partial charge is 0.200 e. The van der Waals surface area contributed by atoms with Crippen LogP contribution in [0.5, 0.6) is 0 Å². The van der Waals surface area contributed by atoms with E-state index in [1.807, 2.05) is 6.07 Å². The fourth-order valence-corrected chi connectivity index (χ4v) is 5.06. The van der Waals surface area contributed by atoms with E-state index in [0.29, 0.717) is 6.04 Å². The second-order valence-electron chi connectivity index (χ2n) is 8.87. The molecule has 5 nitrogen and oxygen atoms in total. The number of nitrogens with one attached hydrogen (secondary N) is 1. The normalized spacial score (nSPS) is 21.2. The maximum atomic E-state index is 12.4. The van der Waals surface area contributed by atoms with Gasteiger partial charge < -0.3 is 10.2 Å². The molecule has 2 heterocycles. The number of piperidine rings is 1. The summed E-state index contributed by atoms with van der Waals surface area (Å²) in [5.74, 6) is 0.918. The van der Waals surface area contributed by atoms with Gasteiger partial charge >= 0.3 is 0 Å². The zero-order valence-electron chi connectivity index (χ0n) is 16.4. The van der Waals surface area contributed by atoms with E-state index in [1.165, 1.54) is 32.2 Å². The highest BCUT2D eigenvalue weighted by molar-refractivity contribution is 7.92. The largest absolute Gasteiger partial charge is 0.381 e. The third-order valence-corrected chi connectivity index (χ3v) is 8.17. The molecule has 0 radical (unpaired) electrons. The highest BCUT2D eigenvalue weighted by Crippen LogP contribution is 2.27. The molecule has 1 N–H and O–H groups in total. The van der Waals surface area contributed by atoms with Crippen LogP contribution in [0.1, 0.15) is 59.3 Å². The van der Waals surface area contributed by atoms with E-state index in [1.54, 1.807) is 33.0 Å². The number of aromatic nitrogens is 1. The predicted octanol–water partition coefficient (Wildman–Crippen LogP) is 3.72. The highest BCUT2D eigenvalue weighted by atomic mass is 32.2. The average Bonchev–Trinajstić information content (AvgIpc) is 3.09. The van der Waals surface area contributed by atoms with E-state index >= 15 is 0 Å². The van der Waals surface area contributed by atoms with Gasteiger partial charge in [-0.15, -0.1) is 0 Å². The molecule has 0 atom stereocenters. The molecule has 6 heteroatoms. The van der Waals surface area contributed by atoms with Crippen LogP contribution in [0.4, 0.5) is 5.69 Å². The van der Waals surface area contributed by atoms with Gasteiger partial charge in [0.2, 0.25) is 0 Å². The molecular weight excluding hydrogens is 346 g/mol. The number of likely N-dealkylation sites (tertiary alicyclic amines) is 1. The minimum atomic E-state index is -3.39. The molecule has 26 heavy (non-hydrogen) atoms. The Bertz CT molecular complexity index is 681. The number of nitrogens with zero attached hydrogens (tertiary/aromatic N) is 2. The van der Waals surface area contributed by atoms with Crippen LogP contribution in [0.2, 0.25) is 0 Å². The Labute approximate surface area is 158 Å². The SMILES string of the molecule is CC(C)(C)S(=O)(=O)c1ccc(NC2CCN(CC3CCCC3)CC2)cn1. The lowest BCUT2D eigenvalue weighted by molar-refractivity contribution is 0.189. The molecule has 1 saturated heterocycles. The summed E-state index contributed by atoms with van der Waals surface area (Å²) in [6.45, 7) is 8.68. The topological polar surface area (TPSA) is 62.3 Å². The van der Waals surface area contributed by atoms with Crippen LogP contribution in [0.15, 0.2) is 23.4 Å². The molecule has 1 aromatic heterocycles. The lowest BCUT2D eigenvalue weighted by Crippen LogP contribution is -2.41. The Balaban J connectivity index is 1.51. The van der Waals surface area contributed by atoms with Gasteiger partial charge in [0.25, 0.3) is 0 Å². The Morgan fingerprint density at radius 1 is 1.12 bits per heavy atom. The third-order valence-electron chi connectivity index (χ3n) is 5.77.